The molecule has 2 rings (SSSR count). The fraction of sp³-hybridized carbons (Fsp3) is 0.455. The van der Waals surface area contributed by atoms with Crippen LogP contribution in [-0.2, 0) is 20.1 Å². The smallest absolute Gasteiger partial charge is 0.257 e. The summed E-state index contributed by atoms with van der Waals surface area (Å²) >= 11 is 0. The van der Waals surface area contributed by atoms with E-state index in [1.807, 2.05) is 14.0 Å². The molecule has 0 aliphatic rings. The zero-order valence-corrected chi connectivity index (χ0v) is 10.3. The van der Waals surface area contributed by atoms with Crippen LogP contribution in [-0.4, -0.2) is 26.0 Å². The molecule has 2 heterocycles. The van der Waals surface area contributed by atoms with Gasteiger partial charge in [-0.2, -0.15) is 10.2 Å². The highest BCUT2D eigenvalue weighted by Gasteiger charge is 2.07. The molecule has 0 radical (unpaired) electrons. The minimum atomic E-state index is -2.39. The Kier molecular flexibility index (Phi) is 3.59. The van der Waals surface area contributed by atoms with E-state index in [-0.39, 0.29) is 6.54 Å². The van der Waals surface area contributed by atoms with E-state index in [2.05, 4.69) is 15.5 Å². The van der Waals surface area contributed by atoms with Gasteiger partial charge in [-0.1, -0.05) is 0 Å². The minimum Gasteiger partial charge on any atom is -0.378 e. The van der Waals surface area contributed by atoms with Gasteiger partial charge in [0.15, 0.2) is 0 Å². The maximum Gasteiger partial charge on any atom is 0.257 e. The molecular weight excluding hydrogens is 240 g/mol. The molecule has 0 atom stereocenters. The molecule has 2 aromatic rings. The van der Waals surface area contributed by atoms with E-state index in [9.17, 15) is 8.78 Å². The first-order valence-corrected chi connectivity index (χ1v) is 5.58. The Morgan fingerprint density at radius 3 is 2.72 bits per heavy atom. The minimum absolute atomic E-state index is 0.381. The Bertz CT molecular complexity index is 517. The van der Waals surface area contributed by atoms with Gasteiger partial charge in [0.05, 0.1) is 18.1 Å². The summed E-state index contributed by atoms with van der Waals surface area (Å²) in [6.07, 6.45) is 2.50. The summed E-state index contributed by atoms with van der Waals surface area (Å²) in [5.41, 5.74) is 2.86. The van der Waals surface area contributed by atoms with Crippen molar-refractivity contribution in [2.24, 2.45) is 7.05 Å². The van der Waals surface area contributed by atoms with Crippen LogP contribution in [0.15, 0.2) is 18.6 Å². The van der Waals surface area contributed by atoms with Gasteiger partial charge < -0.3 is 5.32 Å². The number of anilines is 1. The monoisotopic (exact) mass is 255 g/mol. The van der Waals surface area contributed by atoms with E-state index in [1.54, 1.807) is 17.1 Å². The maximum absolute atomic E-state index is 12.1. The quantitative estimate of drug-likeness (QED) is 0.886. The number of aryl methyl sites for hydroxylation is 1. The number of halogens is 2. The normalized spacial score (nSPS) is 11.2. The van der Waals surface area contributed by atoms with Crippen molar-refractivity contribution >= 4 is 5.69 Å². The molecule has 0 saturated carbocycles. The number of nitrogens with one attached hydrogen (secondary N) is 1. The molecule has 0 bridgehead atoms. The highest BCUT2D eigenvalue weighted by Crippen LogP contribution is 2.11. The van der Waals surface area contributed by atoms with E-state index in [0.717, 1.165) is 16.9 Å². The molecule has 2 aromatic heterocycles. The van der Waals surface area contributed by atoms with Crippen molar-refractivity contribution in [3.63, 3.8) is 0 Å². The molecule has 0 aliphatic carbocycles. The first kappa shape index (κ1) is 12.5. The fourth-order valence-corrected chi connectivity index (χ4v) is 1.61. The summed E-state index contributed by atoms with van der Waals surface area (Å²) in [4.78, 5) is 0. The number of aromatic nitrogens is 4. The average Bonchev–Trinajstić information content (AvgIpc) is 2.86. The Morgan fingerprint density at radius 2 is 2.11 bits per heavy atom. The lowest BCUT2D eigenvalue weighted by Crippen LogP contribution is -2.06. The first-order valence-electron chi connectivity index (χ1n) is 5.58. The van der Waals surface area contributed by atoms with Gasteiger partial charge in [-0.05, 0) is 6.92 Å². The summed E-state index contributed by atoms with van der Waals surface area (Å²) in [6, 6.07) is 0. The molecule has 7 heteroatoms. The standard InChI is InChI=1S/C11H15F2N5/c1-8-9(4-15-17(8)2)3-14-10-5-16-18(6-10)7-11(12)13/h4-6,11,14H,3,7H2,1-2H3. The number of alkyl halides is 2. The van der Waals surface area contributed by atoms with Crippen LogP contribution >= 0.6 is 0 Å². The van der Waals surface area contributed by atoms with Crippen LogP contribution in [0.3, 0.4) is 0 Å². The molecule has 0 spiro atoms. The molecule has 0 unspecified atom stereocenters. The predicted molar refractivity (Wildman–Crippen MR) is 63.5 cm³/mol. The highest BCUT2D eigenvalue weighted by molar-refractivity contribution is 5.39. The van der Waals surface area contributed by atoms with Crippen LogP contribution in [0.2, 0.25) is 0 Å². The van der Waals surface area contributed by atoms with Crippen LogP contribution < -0.4 is 5.32 Å². The van der Waals surface area contributed by atoms with Gasteiger partial charge >= 0.3 is 0 Å². The summed E-state index contributed by atoms with van der Waals surface area (Å²) < 4.78 is 27.3. The van der Waals surface area contributed by atoms with Crippen molar-refractivity contribution in [2.45, 2.75) is 26.4 Å². The van der Waals surface area contributed by atoms with Crippen LogP contribution in [0, 0.1) is 6.92 Å². The highest BCUT2D eigenvalue weighted by atomic mass is 19.3. The second kappa shape index (κ2) is 5.16. The SMILES string of the molecule is Cc1c(CNc2cnn(CC(F)F)c2)cnn1C. The van der Waals surface area contributed by atoms with E-state index in [0.29, 0.717) is 6.54 Å². The summed E-state index contributed by atoms with van der Waals surface area (Å²) in [6.45, 7) is 2.19. The third-order valence-electron chi connectivity index (χ3n) is 2.78. The van der Waals surface area contributed by atoms with E-state index >= 15 is 0 Å². The average molecular weight is 255 g/mol. The van der Waals surface area contributed by atoms with E-state index < -0.39 is 6.43 Å². The number of rotatable bonds is 5. The summed E-state index contributed by atoms with van der Waals surface area (Å²) in [5.74, 6) is 0. The topological polar surface area (TPSA) is 47.7 Å². The van der Waals surface area contributed by atoms with Crippen molar-refractivity contribution in [3.05, 3.63) is 29.8 Å². The molecule has 0 aliphatic heterocycles. The lowest BCUT2D eigenvalue weighted by Gasteiger charge is -2.03. The number of hydrogen-bond acceptors (Lipinski definition) is 3. The van der Waals surface area contributed by atoms with Crippen molar-refractivity contribution < 1.29 is 8.78 Å². The van der Waals surface area contributed by atoms with Crippen molar-refractivity contribution in [3.8, 4) is 0 Å². The first-order chi connectivity index (χ1) is 8.56. The lowest BCUT2D eigenvalue weighted by molar-refractivity contribution is 0.122. The molecule has 1 N–H and O–H groups in total. The summed E-state index contributed by atoms with van der Waals surface area (Å²) in [5, 5.41) is 11.1. The van der Waals surface area contributed by atoms with Gasteiger partial charge in [0.25, 0.3) is 6.43 Å². The number of hydrogen-bond donors (Lipinski definition) is 1. The van der Waals surface area contributed by atoms with Crippen LogP contribution in [0.25, 0.3) is 0 Å². The van der Waals surface area contributed by atoms with Gasteiger partial charge in [-0.15, -0.1) is 0 Å². The molecule has 5 nitrogen and oxygen atoms in total. The third-order valence-corrected chi connectivity index (χ3v) is 2.78. The van der Waals surface area contributed by atoms with Crippen molar-refractivity contribution in [1.29, 1.82) is 0 Å². The van der Waals surface area contributed by atoms with Gasteiger partial charge in [0, 0.05) is 31.0 Å². The van der Waals surface area contributed by atoms with Crippen LogP contribution in [0.1, 0.15) is 11.3 Å². The molecule has 0 fully saturated rings. The Morgan fingerprint density at radius 1 is 1.33 bits per heavy atom. The molecule has 0 aromatic carbocycles. The second-order valence-electron chi connectivity index (χ2n) is 4.07. The zero-order chi connectivity index (χ0) is 13.1. The zero-order valence-electron chi connectivity index (χ0n) is 10.3. The molecular formula is C11H15F2N5. The largest absolute Gasteiger partial charge is 0.378 e. The third kappa shape index (κ3) is 2.85. The molecule has 0 amide bonds. The Hall–Kier alpha value is -1.92. The number of nitrogens with zero attached hydrogens (tertiary/aromatic N) is 4. The Labute approximate surface area is 103 Å². The maximum atomic E-state index is 12.1. The van der Waals surface area contributed by atoms with Gasteiger partial charge in [-0.3, -0.25) is 9.36 Å². The van der Waals surface area contributed by atoms with Gasteiger partial charge in [-0.25, -0.2) is 8.78 Å². The van der Waals surface area contributed by atoms with Crippen molar-refractivity contribution in [1.82, 2.24) is 19.6 Å². The van der Waals surface area contributed by atoms with Gasteiger partial charge in [0.1, 0.15) is 6.54 Å². The molecule has 18 heavy (non-hydrogen) atoms. The van der Waals surface area contributed by atoms with Gasteiger partial charge in [0.2, 0.25) is 0 Å². The fourth-order valence-electron chi connectivity index (χ4n) is 1.61. The predicted octanol–water partition coefficient (Wildman–Crippen LogP) is 1.80. The second-order valence-corrected chi connectivity index (χ2v) is 4.07. The Balaban J connectivity index is 1.94. The van der Waals surface area contributed by atoms with Crippen LogP contribution in [0.4, 0.5) is 14.5 Å². The van der Waals surface area contributed by atoms with E-state index in [1.165, 1.54) is 10.9 Å². The molecule has 0 saturated heterocycles. The summed E-state index contributed by atoms with van der Waals surface area (Å²) in [7, 11) is 1.87. The lowest BCUT2D eigenvalue weighted by atomic mass is 10.2. The van der Waals surface area contributed by atoms with Crippen molar-refractivity contribution in [2.75, 3.05) is 5.32 Å². The molecule has 98 valence electrons. The van der Waals surface area contributed by atoms with Crippen LogP contribution in [0.5, 0.6) is 0 Å². The van der Waals surface area contributed by atoms with E-state index in [4.69, 9.17) is 0 Å².